The average Bonchev–Trinajstić information content (AvgIpc) is 3.35. The van der Waals surface area contributed by atoms with Gasteiger partial charge in [-0.05, 0) is 54.7 Å². The fourth-order valence-electron chi connectivity index (χ4n) is 4.68. The molecule has 0 aliphatic carbocycles. The van der Waals surface area contributed by atoms with Crippen molar-refractivity contribution in [1.29, 1.82) is 0 Å². The highest BCUT2D eigenvalue weighted by molar-refractivity contribution is 5.88. The first-order valence-corrected chi connectivity index (χ1v) is 11.2. The number of benzene rings is 2. The van der Waals surface area contributed by atoms with Crippen molar-refractivity contribution in [3.05, 3.63) is 60.3 Å². The summed E-state index contributed by atoms with van der Waals surface area (Å²) >= 11 is 0. The van der Waals surface area contributed by atoms with Crippen LogP contribution >= 0.6 is 0 Å². The van der Waals surface area contributed by atoms with Crippen molar-refractivity contribution in [1.82, 2.24) is 9.88 Å². The Morgan fingerprint density at radius 1 is 1.06 bits per heavy atom. The van der Waals surface area contributed by atoms with Crippen molar-refractivity contribution in [2.75, 3.05) is 19.7 Å². The number of hydrogen-bond acceptors (Lipinski definition) is 4. The second kappa shape index (κ2) is 8.67. The topological polar surface area (TPSA) is 51.7 Å². The molecule has 2 aliphatic heterocycles. The van der Waals surface area contributed by atoms with Gasteiger partial charge in [0.25, 0.3) is 5.91 Å². The number of carbonyl (C=O) groups excluding carboxylic acids is 1. The van der Waals surface area contributed by atoms with E-state index >= 15 is 0 Å². The van der Waals surface area contributed by atoms with E-state index in [1.54, 1.807) is 0 Å². The van der Waals surface area contributed by atoms with E-state index < -0.39 is 0 Å². The van der Waals surface area contributed by atoms with Crippen LogP contribution in [0.5, 0.6) is 5.75 Å². The fourth-order valence-corrected chi connectivity index (χ4v) is 4.68. The van der Waals surface area contributed by atoms with Gasteiger partial charge in [-0.2, -0.15) is 0 Å². The lowest BCUT2D eigenvalue weighted by Gasteiger charge is -2.33. The second-order valence-corrected chi connectivity index (χ2v) is 8.48. The molecule has 2 aliphatic rings. The zero-order valence-electron chi connectivity index (χ0n) is 17.9. The zero-order chi connectivity index (χ0) is 21.2. The number of carbonyl (C=O) groups is 1. The molecule has 0 spiro atoms. The molecule has 0 bridgehead atoms. The smallest absolute Gasteiger partial charge is 0.251 e. The summed E-state index contributed by atoms with van der Waals surface area (Å²) in [6, 6.07) is 16.7. The van der Waals surface area contributed by atoms with Crippen molar-refractivity contribution in [2.45, 2.75) is 44.8 Å². The molecule has 2 fully saturated rings. The molecule has 160 valence electrons. The van der Waals surface area contributed by atoms with Gasteiger partial charge in [0.15, 0.2) is 0 Å². The summed E-state index contributed by atoms with van der Waals surface area (Å²) in [5.41, 5.74) is 4.59. The van der Waals surface area contributed by atoms with E-state index in [2.05, 4.69) is 42.2 Å². The van der Waals surface area contributed by atoms with Gasteiger partial charge in [-0.1, -0.05) is 30.3 Å². The lowest BCUT2D eigenvalue weighted by molar-refractivity contribution is -0.142. The zero-order valence-corrected chi connectivity index (χ0v) is 17.9. The molecular formula is C26H28N2O3. The number of nitrogens with zero attached hydrogens (tertiary/aromatic N) is 2. The summed E-state index contributed by atoms with van der Waals surface area (Å²) in [5.74, 6) is 1.03. The molecule has 0 N–H and O–H groups in total. The lowest BCUT2D eigenvalue weighted by Crippen LogP contribution is -2.45. The number of fused-ring (bicyclic) bond motifs is 1. The fraction of sp³-hybridized carbons (Fsp3) is 0.385. The molecule has 31 heavy (non-hydrogen) atoms. The third-order valence-corrected chi connectivity index (χ3v) is 6.45. The standard InChI is InChI=1S/C26H28N2O3/c1-18-23(11-8-20-4-2-14-27-25(18)20)19-6-9-21(10-7-19)31-22-12-15-28(16-13-22)26(29)24-5-3-17-30-24/h2,4,6-11,14,22,24H,3,5,12-13,15-17H2,1H3/t24-/m0/s1. The first-order valence-electron chi connectivity index (χ1n) is 11.2. The van der Waals surface area contributed by atoms with Gasteiger partial charge in [-0.15, -0.1) is 0 Å². The number of ether oxygens (including phenoxy) is 2. The van der Waals surface area contributed by atoms with Gasteiger partial charge in [0, 0.05) is 44.1 Å². The molecule has 1 amide bonds. The Bertz CT molecular complexity index is 1070. The molecule has 1 atom stereocenters. The molecule has 2 aromatic carbocycles. The maximum absolute atomic E-state index is 12.5. The van der Waals surface area contributed by atoms with Crippen LogP contribution in [0.2, 0.25) is 0 Å². The SMILES string of the molecule is Cc1c(-c2ccc(OC3CCN(C(=O)[C@@H]4CCCO4)CC3)cc2)ccc2cccnc12. The third-order valence-electron chi connectivity index (χ3n) is 6.45. The van der Waals surface area contributed by atoms with Crippen molar-refractivity contribution in [3.63, 3.8) is 0 Å². The highest BCUT2D eigenvalue weighted by Crippen LogP contribution is 2.30. The normalized spacial score (nSPS) is 19.6. The van der Waals surface area contributed by atoms with Crippen LogP contribution in [0.3, 0.4) is 0 Å². The maximum atomic E-state index is 12.5. The van der Waals surface area contributed by atoms with Gasteiger partial charge >= 0.3 is 0 Å². The molecule has 5 heteroatoms. The molecule has 5 rings (SSSR count). The average molecular weight is 417 g/mol. The first-order chi connectivity index (χ1) is 15.2. The maximum Gasteiger partial charge on any atom is 0.251 e. The lowest BCUT2D eigenvalue weighted by atomic mass is 9.98. The van der Waals surface area contributed by atoms with Crippen LogP contribution in [0.25, 0.3) is 22.0 Å². The van der Waals surface area contributed by atoms with E-state index in [1.807, 2.05) is 29.3 Å². The number of amides is 1. The number of piperidine rings is 1. The van der Waals surface area contributed by atoms with E-state index in [9.17, 15) is 4.79 Å². The molecule has 0 saturated carbocycles. The molecule has 3 aromatic rings. The largest absolute Gasteiger partial charge is 0.490 e. The molecule has 3 heterocycles. The Labute approximate surface area is 183 Å². The quantitative estimate of drug-likeness (QED) is 0.615. The highest BCUT2D eigenvalue weighted by Gasteiger charge is 2.31. The Hall–Kier alpha value is -2.92. The van der Waals surface area contributed by atoms with Gasteiger partial charge in [0.2, 0.25) is 0 Å². The van der Waals surface area contributed by atoms with E-state index in [0.717, 1.165) is 61.0 Å². The van der Waals surface area contributed by atoms with Crippen LogP contribution in [0, 0.1) is 6.92 Å². The second-order valence-electron chi connectivity index (χ2n) is 8.48. The summed E-state index contributed by atoms with van der Waals surface area (Å²) < 4.78 is 11.8. The third kappa shape index (κ3) is 4.15. The van der Waals surface area contributed by atoms with Crippen LogP contribution in [-0.4, -0.2) is 47.7 Å². The highest BCUT2D eigenvalue weighted by atomic mass is 16.5. The Kier molecular flexibility index (Phi) is 5.60. The van der Waals surface area contributed by atoms with Gasteiger partial charge in [-0.3, -0.25) is 9.78 Å². The Morgan fingerprint density at radius 2 is 1.87 bits per heavy atom. The summed E-state index contributed by atoms with van der Waals surface area (Å²) in [6.07, 6.45) is 5.32. The summed E-state index contributed by atoms with van der Waals surface area (Å²) in [6.45, 7) is 4.32. The summed E-state index contributed by atoms with van der Waals surface area (Å²) in [4.78, 5) is 19.0. The van der Waals surface area contributed by atoms with E-state index in [0.29, 0.717) is 6.61 Å². The molecule has 5 nitrogen and oxygen atoms in total. The molecule has 0 radical (unpaired) electrons. The van der Waals surface area contributed by atoms with Crippen molar-refractivity contribution in [3.8, 4) is 16.9 Å². The number of aryl methyl sites for hydroxylation is 1. The molecule has 1 aromatic heterocycles. The van der Waals surface area contributed by atoms with Crippen LogP contribution < -0.4 is 4.74 Å². The van der Waals surface area contributed by atoms with Crippen molar-refractivity contribution in [2.24, 2.45) is 0 Å². The summed E-state index contributed by atoms with van der Waals surface area (Å²) in [5, 5.41) is 1.16. The minimum absolute atomic E-state index is 0.144. The molecule has 0 unspecified atom stereocenters. The minimum atomic E-state index is -0.223. The predicted molar refractivity (Wildman–Crippen MR) is 121 cm³/mol. The van der Waals surface area contributed by atoms with Crippen LogP contribution in [0.1, 0.15) is 31.2 Å². The van der Waals surface area contributed by atoms with Crippen LogP contribution in [0.4, 0.5) is 0 Å². The Balaban J connectivity index is 1.21. The van der Waals surface area contributed by atoms with E-state index in [1.165, 1.54) is 11.1 Å². The number of hydrogen-bond donors (Lipinski definition) is 0. The van der Waals surface area contributed by atoms with E-state index in [4.69, 9.17) is 9.47 Å². The minimum Gasteiger partial charge on any atom is -0.490 e. The monoisotopic (exact) mass is 416 g/mol. The number of aromatic nitrogens is 1. The van der Waals surface area contributed by atoms with Gasteiger partial charge < -0.3 is 14.4 Å². The first kappa shape index (κ1) is 20.0. The predicted octanol–water partition coefficient (Wildman–Crippen LogP) is 4.76. The molecule has 2 saturated heterocycles. The van der Waals surface area contributed by atoms with Crippen LogP contribution in [-0.2, 0) is 9.53 Å². The van der Waals surface area contributed by atoms with Crippen molar-refractivity contribution >= 4 is 16.8 Å². The number of likely N-dealkylation sites (tertiary alicyclic amines) is 1. The summed E-state index contributed by atoms with van der Waals surface area (Å²) in [7, 11) is 0. The van der Waals surface area contributed by atoms with Gasteiger partial charge in [0.1, 0.15) is 18.0 Å². The number of rotatable bonds is 4. The van der Waals surface area contributed by atoms with Crippen LogP contribution in [0.15, 0.2) is 54.7 Å². The van der Waals surface area contributed by atoms with Gasteiger partial charge in [0.05, 0.1) is 5.52 Å². The number of pyridine rings is 1. The molecular weight excluding hydrogens is 388 g/mol. The van der Waals surface area contributed by atoms with E-state index in [-0.39, 0.29) is 18.1 Å². The van der Waals surface area contributed by atoms with Gasteiger partial charge in [-0.25, -0.2) is 0 Å². The van der Waals surface area contributed by atoms with Crippen molar-refractivity contribution < 1.29 is 14.3 Å². The Morgan fingerprint density at radius 3 is 2.61 bits per heavy atom.